The molecule has 2 amide bonds. The number of nitrogens with zero attached hydrogens (tertiary/aromatic N) is 5. The van der Waals surface area contributed by atoms with Crippen LogP contribution in [0.5, 0.6) is 0 Å². The molecule has 190 valence electrons. The molecule has 9 nitrogen and oxygen atoms in total. The molecule has 1 aromatic heterocycles. The lowest BCUT2D eigenvalue weighted by Crippen LogP contribution is -2.49. The van der Waals surface area contributed by atoms with E-state index < -0.39 is 11.7 Å². The lowest BCUT2D eigenvalue weighted by molar-refractivity contribution is -0.129. The number of nitrogens with one attached hydrogen (secondary N) is 1. The van der Waals surface area contributed by atoms with Crippen molar-refractivity contribution in [2.75, 3.05) is 44.7 Å². The van der Waals surface area contributed by atoms with Crippen molar-refractivity contribution in [1.82, 2.24) is 25.1 Å². The van der Waals surface area contributed by atoms with Crippen LogP contribution in [0.2, 0.25) is 0 Å². The molecule has 1 saturated heterocycles. The Kier molecular flexibility index (Phi) is 8.67. The maximum atomic E-state index is 12.4. The van der Waals surface area contributed by atoms with E-state index in [2.05, 4.69) is 38.9 Å². The Labute approximate surface area is 208 Å². The molecule has 2 heterocycles. The van der Waals surface area contributed by atoms with Gasteiger partial charge in [0, 0.05) is 63.8 Å². The van der Waals surface area contributed by atoms with E-state index in [0.29, 0.717) is 12.6 Å². The Hall–Kier alpha value is -3.20. The molecule has 0 unspecified atom stereocenters. The van der Waals surface area contributed by atoms with Crippen molar-refractivity contribution in [2.45, 2.75) is 52.8 Å². The minimum atomic E-state index is -0.607. The highest BCUT2D eigenvalue weighted by atomic mass is 16.6. The van der Waals surface area contributed by atoms with Crippen LogP contribution in [0, 0.1) is 0 Å². The van der Waals surface area contributed by atoms with Gasteiger partial charge in [0.05, 0.1) is 0 Å². The highest BCUT2D eigenvalue weighted by Gasteiger charge is 2.21. The topological polar surface area (TPSA) is 90.9 Å². The van der Waals surface area contributed by atoms with Crippen molar-refractivity contribution >= 4 is 17.9 Å². The fraction of sp³-hybridized carbons (Fsp3) is 0.538. The molecule has 35 heavy (non-hydrogen) atoms. The van der Waals surface area contributed by atoms with Gasteiger partial charge in [-0.15, -0.1) is 0 Å². The Balaban J connectivity index is 1.56. The number of benzene rings is 1. The van der Waals surface area contributed by atoms with Gasteiger partial charge in [-0.3, -0.25) is 9.69 Å². The molecule has 1 aliphatic heterocycles. The molecular formula is C26H38N6O3. The number of piperazine rings is 1. The zero-order valence-electron chi connectivity index (χ0n) is 21.7. The molecule has 0 aliphatic carbocycles. The van der Waals surface area contributed by atoms with Crippen molar-refractivity contribution in [3.8, 4) is 11.1 Å². The van der Waals surface area contributed by atoms with Crippen LogP contribution in [0.3, 0.4) is 0 Å². The van der Waals surface area contributed by atoms with Crippen LogP contribution >= 0.6 is 0 Å². The first-order valence-electron chi connectivity index (χ1n) is 12.1. The number of likely N-dealkylation sites (N-methyl/N-ethyl adjacent to an activating group) is 1. The Morgan fingerprint density at radius 1 is 1.09 bits per heavy atom. The van der Waals surface area contributed by atoms with Gasteiger partial charge in [0.15, 0.2) is 0 Å². The second-order valence-electron chi connectivity index (χ2n) is 10.2. The molecule has 0 saturated carbocycles. The fourth-order valence-electron chi connectivity index (χ4n) is 3.88. The lowest BCUT2D eigenvalue weighted by atomic mass is 10.1. The van der Waals surface area contributed by atoms with Gasteiger partial charge in [-0.2, -0.15) is 0 Å². The first kappa shape index (κ1) is 26.4. The highest BCUT2D eigenvalue weighted by molar-refractivity contribution is 5.82. The van der Waals surface area contributed by atoms with E-state index in [4.69, 9.17) is 4.74 Å². The summed E-state index contributed by atoms with van der Waals surface area (Å²) in [4.78, 5) is 39.7. The third-order valence-corrected chi connectivity index (χ3v) is 5.85. The van der Waals surface area contributed by atoms with Gasteiger partial charge in [-0.05, 0) is 51.8 Å². The summed E-state index contributed by atoms with van der Waals surface area (Å²) in [7, 11) is 1.71. The second kappa shape index (κ2) is 11.5. The fourth-order valence-corrected chi connectivity index (χ4v) is 3.88. The van der Waals surface area contributed by atoms with E-state index in [1.54, 1.807) is 32.7 Å². The van der Waals surface area contributed by atoms with Crippen LogP contribution in [0.15, 0.2) is 36.7 Å². The first-order chi connectivity index (χ1) is 16.5. The molecule has 1 N–H and O–H groups in total. The van der Waals surface area contributed by atoms with Crippen molar-refractivity contribution in [3.63, 3.8) is 0 Å². The number of amides is 2. The third kappa shape index (κ3) is 7.92. The maximum absolute atomic E-state index is 12.4. The molecule has 9 heteroatoms. The van der Waals surface area contributed by atoms with E-state index in [0.717, 1.165) is 48.8 Å². The third-order valence-electron chi connectivity index (χ3n) is 5.85. The van der Waals surface area contributed by atoms with Gasteiger partial charge in [0.2, 0.25) is 11.9 Å². The highest BCUT2D eigenvalue weighted by Crippen LogP contribution is 2.21. The predicted molar refractivity (Wildman–Crippen MR) is 137 cm³/mol. The Morgan fingerprint density at radius 2 is 1.74 bits per heavy atom. The van der Waals surface area contributed by atoms with E-state index in [1.165, 1.54) is 0 Å². The van der Waals surface area contributed by atoms with Crippen LogP contribution in [0.1, 0.15) is 40.2 Å². The molecule has 0 radical (unpaired) electrons. The number of hydrogen-bond donors (Lipinski definition) is 1. The molecule has 1 aliphatic rings. The van der Waals surface area contributed by atoms with E-state index >= 15 is 0 Å². The molecular weight excluding hydrogens is 444 g/mol. The Morgan fingerprint density at radius 3 is 2.34 bits per heavy atom. The number of carbonyl (C=O) groups excluding carboxylic acids is 2. The van der Waals surface area contributed by atoms with Gasteiger partial charge in [0.1, 0.15) is 12.1 Å². The number of ether oxygens (including phenoxy) is 1. The second-order valence-corrected chi connectivity index (χ2v) is 10.2. The van der Waals surface area contributed by atoms with Gasteiger partial charge >= 0.3 is 6.09 Å². The van der Waals surface area contributed by atoms with Gasteiger partial charge in [-0.1, -0.05) is 18.2 Å². The summed E-state index contributed by atoms with van der Waals surface area (Å²) >= 11 is 0. The van der Waals surface area contributed by atoms with Crippen molar-refractivity contribution in [3.05, 3.63) is 42.2 Å². The predicted octanol–water partition coefficient (Wildman–Crippen LogP) is 3.16. The molecule has 3 rings (SSSR count). The van der Waals surface area contributed by atoms with Gasteiger partial charge in [-0.25, -0.2) is 14.8 Å². The summed E-state index contributed by atoms with van der Waals surface area (Å²) in [6, 6.07) is 8.53. The summed E-state index contributed by atoms with van der Waals surface area (Å²) in [5.41, 5.74) is 2.29. The van der Waals surface area contributed by atoms with Gasteiger partial charge < -0.3 is 19.9 Å². The number of rotatable bonds is 7. The molecule has 0 atom stereocenters. The maximum Gasteiger partial charge on any atom is 0.408 e. The average Bonchev–Trinajstić information content (AvgIpc) is 2.82. The van der Waals surface area contributed by atoms with E-state index in [9.17, 15) is 9.59 Å². The summed E-state index contributed by atoms with van der Waals surface area (Å²) < 4.78 is 5.17. The summed E-state index contributed by atoms with van der Waals surface area (Å²) in [5.74, 6) is 0.558. The average molecular weight is 483 g/mol. The summed E-state index contributed by atoms with van der Waals surface area (Å²) in [6.45, 7) is 14.0. The SMILES string of the molecule is CC(C)N1CCN(c2ncc(-c3cccc(CN(C)C(=O)CNC(=O)OC(C)(C)C)c3)cn2)CC1. The molecule has 0 bridgehead atoms. The molecule has 1 aromatic carbocycles. The van der Waals surface area contributed by atoms with Gasteiger partial charge in [0.25, 0.3) is 0 Å². The smallest absolute Gasteiger partial charge is 0.408 e. The zero-order chi connectivity index (χ0) is 25.6. The number of alkyl carbamates (subject to hydrolysis) is 1. The van der Waals surface area contributed by atoms with Crippen molar-refractivity contribution in [2.24, 2.45) is 0 Å². The summed E-state index contributed by atoms with van der Waals surface area (Å²) in [6.07, 6.45) is 3.11. The molecule has 1 fully saturated rings. The minimum absolute atomic E-state index is 0.119. The van der Waals surface area contributed by atoms with Crippen LogP contribution in [-0.2, 0) is 16.1 Å². The zero-order valence-corrected chi connectivity index (χ0v) is 21.7. The number of aromatic nitrogens is 2. The van der Waals surface area contributed by atoms with Crippen LogP contribution in [0.25, 0.3) is 11.1 Å². The lowest BCUT2D eigenvalue weighted by Gasteiger charge is -2.36. The number of carbonyl (C=O) groups is 2. The normalized spacial score (nSPS) is 14.7. The standard InChI is InChI=1S/C26H38N6O3/c1-19(2)31-10-12-32(13-11-31)24-27-15-22(16-28-24)21-9-7-8-20(14-21)18-30(6)23(33)17-29-25(34)35-26(3,4)5/h7-9,14-16,19H,10-13,17-18H2,1-6H3,(H,29,34). The van der Waals surface area contributed by atoms with Crippen molar-refractivity contribution < 1.29 is 14.3 Å². The minimum Gasteiger partial charge on any atom is -0.444 e. The van der Waals surface area contributed by atoms with Crippen LogP contribution in [-0.4, -0.2) is 83.2 Å². The number of hydrogen-bond acceptors (Lipinski definition) is 7. The first-order valence-corrected chi connectivity index (χ1v) is 12.1. The largest absolute Gasteiger partial charge is 0.444 e. The van der Waals surface area contributed by atoms with Crippen molar-refractivity contribution in [1.29, 1.82) is 0 Å². The van der Waals surface area contributed by atoms with Crippen LogP contribution < -0.4 is 10.2 Å². The Bertz CT molecular complexity index is 995. The van der Waals surface area contributed by atoms with E-state index in [-0.39, 0.29) is 12.5 Å². The monoisotopic (exact) mass is 482 g/mol. The molecule has 0 spiro atoms. The quantitative estimate of drug-likeness (QED) is 0.648. The number of anilines is 1. The van der Waals surface area contributed by atoms with Crippen LogP contribution in [0.4, 0.5) is 10.7 Å². The van der Waals surface area contributed by atoms with E-state index in [1.807, 2.05) is 36.7 Å². The summed E-state index contributed by atoms with van der Waals surface area (Å²) in [5, 5.41) is 2.51. The molecule has 2 aromatic rings.